The van der Waals surface area contributed by atoms with E-state index in [1.54, 1.807) is 20.4 Å². The van der Waals surface area contributed by atoms with Crippen molar-refractivity contribution in [2.24, 2.45) is 0 Å². The summed E-state index contributed by atoms with van der Waals surface area (Å²) in [5.74, 6) is 2.56. The molecule has 0 unspecified atom stereocenters. The number of aromatic nitrogens is 3. The zero-order valence-corrected chi connectivity index (χ0v) is 17.5. The van der Waals surface area contributed by atoms with E-state index in [4.69, 9.17) is 14.2 Å². The Balaban J connectivity index is 1.27. The fourth-order valence-corrected chi connectivity index (χ4v) is 3.91. The van der Waals surface area contributed by atoms with Crippen LogP contribution < -0.4 is 14.2 Å². The van der Waals surface area contributed by atoms with Crippen molar-refractivity contribution in [2.45, 2.75) is 18.8 Å². The summed E-state index contributed by atoms with van der Waals surface area (Å²) >= 11 is 0. The molecule has 0 atom stereocenters. The van der Waals surface area contributed by atoms with Gasteiger partial charge in [0.15, 0.2) is 11.5 Å². The van der Waals surface area contributed by atoms with E-state index in [1.165, 1.54) is 5.69 Å². The van der Waals surface area contributed by atoms with Gasteiger partial charge in [0.1, 0.15) is 6.61 Å². The van der Waals surface area contributed by atoms with Gasteiger partial charge in [-0.3, -0.25) is 15.0 Å². The Morgan fingerprint density at radius 1 is 1.07 bits per heavy atom. The van der Waals surface area contributed by atoms with Crippen LogP contribution in [0.1, 0.15) is 24.5 Å². The van der Waals surface area contributed by atoms with Crippen LogP contribution in [0, 0.1) is 0 Å². The highest BCUT2D eigenvalue weighted by molar-refractivity contribution is 5.57. The first-order chi connectivity index (χ1) is 14.8. The molecule has 1 aromatic carbocycles. The summed E-state index contributed by atoms with van der Waals surface area (Å²) in [7, 11) is 3.28. The summed E-state index contributed by atoms with van der Waals surface area (Å²) in [5, 5.41) is 7.70. The molecule has 0 spiro atoms. The number of likely N-dealkylation sites (tertiary alicyclic amines) is 1. The zero-order valence-electron chi connectivity index (χ0n) is 17.5. The maximum absolute atomic E-state index is 6.00. The van der Waals surface area contributed by atoms with Crippen LogP contribution in [0.15, 0.2) is 48.8 Å². The number of benzene rings is 1. The minimum atomic E-state index is 0.509. The van der Waals surface area contributed by atoms with Gasteiger partial charge in [0.05, 0.1) is 19.9 Å². The van der Waals surface area contributed by atoms with Crippen LogP contribution in [-0.2, 0) is 0 Å². The van der Waals surface area contributed by atoms with Crippen molar-refractivity contribution >= 4 is 0 Å². The summed E-state index contributed by atoms with van der Waals surface area (Å²) in [6.45, 7) is 3.55. The predicted octanol–water partition coefficient (Wildman–Crippen LogP) is 3.75. The SMILES string of the molecule is COc1cccc(OC)c1OCCN1CCC(c2cc(-c3cccnc3)n[nH]2)CC1. The minimum absolute atomic E-state index is 0.509. The zero-order chi connectivity index (χ0) is 20.8. The summed E-state index contributed by atoms with van der Waals surface area (Å²) in [6, 6.07) is 11.8. The first-order valence-electron chi connectivity index (χ1n) is 10.3. The lowest BCUT2D eigenvalue weighted by molar-refractivity contribution is 0.168. The molecule has 1 fully saturated rings. The van der Waals surface area contributed by atoms with Gasteiger partial charge in [0.2, 0.25) is 5.75 Å². The molecule has 0 amide bonds. The van der Waals surface area contributed by atoms with Crippen molar-refractivity contribution < 1.29 is 14.2 Å². The Morgan fingerprint density at radius 3 is 2.50 bits per heavy atom. The number of piperidine rings is 1. The molecule has 1 N–H and O–H groups in total. The predicted molar refractivity (Wildman–Crippen MR) is 115 cm³/mol. The Kier molecular flexibility index (Phi) is 6.49. The number of pyridine rings is 1. The average Bonchev–Trinajstić information content (AvgIpc) is 3.30. The Bertz CT molecular complexity index is 914. The quantitative estimate of drug-likeness (QED) is 0.612. The molecule has 1 aliphatic heterocycles. The average molecular weight is 409 g/mol. The molecular formula is C23H28N4O3. The van der Waals surface area contributed by atoms with Crippen molar-refractivity contribution in [2.75, 3.05) is 40.5 Å². The number of para-hydroxylation sites is 1. The summed E-state index contributed by atoms with van der Waals surface area (Å²) in [4.78, 5) is 6.62. The normalized spacial score (nSPS) is 15.1. The van der Waals surface area contributed by atoms with E-state index in [-0.39, 0.29) is 0 Å². The molecule has 7 nitrogen and oxygen atoms in total. The van der Waals surface area contributed by atoms with Crippen molar-refractivity contribution in [3.63, 3.8) is 0 Å². The largest absolute Gasteiger partial charge is 0.493 e. The Labute approximate surface area is 177 Å². The monoisotopic (exact) mass is 408 g/mol. The molecule has 3 heterocycles. The second-order valence-corrected chi connectivity index (χ2v) is 7.41. The lowest BCUT2D eigenvalue weighted by atomic mass is 9.93. The summed E-state index contributed by atoms with van der Waals surface area (Å²) in [6.07, 6.45) is 5.83. The molecule has 1 aliphatic rings. The van der Waals surface area contributed by atoms with Gasteiger partial charge in [-0.15, -0.1) is 0 Å². The second kappa shape index (κ2) is 9.63. The van der Waals surface area contributed by atoms with Crippen LogP contribution in [0.5, 0.6) is 17.2 Å². The molecule has 7 heteroatoms. The second-order valence-electron chi connectivity index (χ2n) is 7.41. The highest BCUT2D eigenvalue weighted by atomic mass is 16.5. The third kappa shape index (κ3) is 4.57. The molecule has 30 heavy (non-hydrogen) atoms. The van der Waals surface area contributed by atoms with E-state index < -0.39 is 0 Å². The Morgan fingerprint density at radius 2 is 1.83 bits per heavy atom. The van der Waals surface area contributed by atoms with E-state index in [1.807, 2.05) is 36.5 Å². The van der Waals surface area contributed by atoms with Crippen LogP contribution in [0.2, 0.25) is 0 Å². The van der Waals surface area contributed by atoms with E-state index >= 15 is 0 Å². The van der Waals surface area contributed by atoms with E-state index in [9.17, 15) is 0 Å². The molecule has 0 radical (unpaired) electrons. The third-order valence-electron chi connectivity index (χ3n) is 5.62. The fourth-order valence-electron chi connectivity index (χ4n) is 3.91. The number of hydrogen-bond donors (Lipinski definition) is 1. The fraction of sp³-hybridized carbons (Fsp3) is 0.391. The first-order valence-corrected chi connectivity index (χ1v) is 10.3. The van der Waals surface area contributed by atoms with Gasteiger partial charge >= 0.3 is 0 Å². The number of H-pyrrole nitrogens is 1. The van der Waals surface area contributed by atoms with Crippen LogP contribution in [0.25, 0.3) is 11.3 Å². The lowest BCUT2D eigenvalue weighted by Crippen LogP contribution is -2.36. The van der Waals surface area contributed by atoms with Gasteiger partial charge in [0, 0.05) is 36.1 Å². The number of nitrogens with zero attached hydrogens (tertiary/aromatic N) is 3. The van der Waals surface area contributed by atoms with Gasteiger partial charge < -0.3 is 14.2 Å². The van der Waals surface area contributed by atoms with Gasteiger partial charge in [-0.05, 0) is 56.3 Å². The number of ether oxygens (including phenoxy) is 3. The van der Waals surface area contributed by atoms with Crippen LogP contribution in [0.4, 0.5) is 0 Å². The molecular weight excluding hydrogens is 380 g/mol. The maximum atomic E-state index is 6.00. The van der Waals surface area contributed by atoms with E-state index in [0.29, 0.717) is 29.8 Å². The maximum Gasteiger partial charge on any atom is 0.203 e. The van der Waals surface area contributed by atoms with Gasteiger partial charge in [-0.25, -0.2) is 0 Å². The standard InChI is InChI=1S/C23H28N4O3/c1-28-21-6-3-7-22(29-2)23(21)30-14-13-27-11-8-17(9-12-27)19-15-20(26-25-19)18-5-4-10-24-16-18/h3-7,10,15-17H,8-9,11-14H2,1-2H3,(H,25,26). The van der Waals surface area contributed by atoms with E-state index in [0.717, 1.165) is 43.7 Å². The van der Waals surface area contributed by atoms with Gasteiger partial charge in [0.25, 0.3) is 0 Å². The Hall–Kier alpha value is -3.06. The molecule has 1 saturated heterocycles. The highest BCUT2D eigenvalue weighted by Gasteiger charge is 2.22. The minimum Gasteiger partial charge on any atom is -0.493 e. The molecule has 3 aromatic rings. The lowest BCUT2D eigenvalue weighted by Gasteiger charge is -2.31. The van der Waals surface area contributed by atoms with Crippen molar-refractivity contribution in [1.29, 1.82) is 0 Å². The van der Waals surface area contributed by atoms with Crippen molar-refractivity contribution in [3.05, 3.63) is 54.5 Å². The smallest absolute Gasteiger partial charge is 0.203 e. The van der Waals surface area contributed by atoms with Gasteiger partial charge in [-0.2, -0.15) is 5.10 Å². The van der Waals surface area contributed by atoms with E-state index in [2.05, 4.69) is 26.1 Å². The van der Waals surface area contributed by atoms with Crippen molar-refractivity contribution in [3.8, 4) is 28.5 Å². The molecule has 2 aromatic heterocycles. The number of hydrogen-bond acceptors (Lipinski definition) is 6. The third-order valence-corrected chi connectivity index (χ3v) is 5.62. The molecule has 0 aliphatic carbocycles. The molecule has 0 saturated carbocycles. The molecule has 158 valence electrons. The number of methoxy groups -OCH3 is 2. The van der Waals surface area contributed by atoms with Crippen LogP contribution in [0.3, 0.4) is 0 Å². The number of aromatic amines is 1. The molecule has 4 rings (SSSR count). The van der Waals surface area contributed by atoms with Crippen molar-refractivity contribution in [1.82, 2.24) is 20.1 Å². The van der Waals surface area contributed by atoms with Crippen LogP contribution in [-0.4, -0.2) is 60.5 Å². The highest BCUT2D eigenvalue weighted by Crippen LogP contribution is 2.36. The molecule has 0 bridgehead atoms. The summed E-state index contributed by atoms with van der Waals surface area (Å²) in [5.41, 5.74) is 3.21. The first kappa shape index (κ1) is 20.2. The number of nitrogens with one attached hydrogen (secondary N) is 1. The summed E-state index contributed by atoms with van der Waals surface area (Å²) < 4.78 is 16.8. The van der Waals surface area contributed by atoms with Gasteiger partial charge in [-0.1, -0.05) is 6.07 Å². The topological polar surface area (TPSA) is 72.5 Å². The van der Waals surface area contributed by atoms with Crippen LogP contribution >= 0.6 is 0 Å². The number of rotatable bonds is 8.